The topological polar surface area (TPSA) is 83.6 Å². The lowest BCUT2D eigenvalue weighted by Gasteiger charge is -2.31. The van der Waals surface area contributed by atoms with Crippen LogP contribution in [0.5, 0.6) is 0 Å². The van der Waals surface area contributed by atoms with E-state index in [1.54, 1.807) is 4.31 Å². The molecule has 1 unspecified atom stereocenters. The Bertz CT molecular complexity index is 304. The van der Waals surface area contributed by atoms with Crippen molar-refractivity contribution in [1.82, 2.24) is 4.31 Å². The van der Waals surface area contributed by atoms with Crippen LogP contribution in [0.3, 0.4) is 0 Å². The maximum atomic E-state index is 12.0. The smallest absolute Gasteiger partial charge is 0.214 e. The molecule has 0 saturated carbocycles. The number of hydrogen-bond donors (Lipinski definition) is 2. The van der Waals surface area contributed by atoms with Crippen molar-refractivity contribution in [1.29, 1.82) is 0 Å². The number of nitrogens with zero attached hydrogens (tertiary/aromatic N) is 1. The number of hydrogen-bond acceptors (Lipinski definition) is 4. The summed E-state index contributed by atoms with van der Waals surface area (Å²) < 4.78 is 25.7. The Morgan fingerprint density at radius 3 is 2.76 bits per heavy atom. The number of rotatable bonds is 7. The fraction of sp³-hybridized carbons (Fsp3) is 1.00. The molecule has 1 rings (SSSR count). The van der Waals surface area contributed by atoms with Gasteiger partial charge in [-0.2, -0.15) is 0 Å². The third-order valence-corrected chi connectivity index (χ3v) is 5.19. The predicted molar refractivity (Wildman–Crippen MR) is 68.1 cm³/mol. The standard InChI is InChI=1S/C11H24N2O3S/c12-6-1-2-9-17(15,16)13-7-3-4-11(10-13)5-8-14/h11,14H,1-10,12H2. The van der Waals surface area contributed by atoms with Crippen molar-refractivity contribution in [2.75, 3.05) is 32.0 Å². The van der Waals surface area contributed by atoms with Crippen molar-refractivity contribution in [2.24, 2.45) is 11.7 Å². The van der Waals surface area contributed by atoms with Gasteiger partial charge in [0.15, 0.2) is 0 Å². The Labute approximate surface area is 104 Å². The minimum absolute atomic E-state index is 0.145. The molecule has 102 valence electrons. The van der Waals surface area contributed by atoms with E-state index < -0.39 is 10.0 Å². The van der Waals surface area contributed by atoms with Crippen molar-refractivity contribution in [3.8, 4) is 0 Å². The van der Waals surface area contributed by atoms with E-state index in [1.807, 2.05) is 0 Å². The maximum Gasteiger partial charge on any atom is 0.214 e. The number of aliphatic hydroxyl groups excluding tert-OH is 1. The SMILES string of the molecule is NCCCCS(=O)(=O)N1CCCC(CCO)C1. The van der Waals surface area contributed by atoms with E-state index in [0.717, 1.165) is 19.3 Å². The minimum Gasteiger partial charge on any atom is -0.396 e. The van der Waals surface area contributed by atoms with Gasteiger partial charge in [-0.1, -0.05) is 0 Å². The molecule has 0 amide bonds. The third kappa shape index (κ3) is 4.91. The van der Waals surface area contributed by atoms with Crippen molar-refractivity contribution in [3.05, 3.63) is 0 Å². The van der Waals surface area contributed by atoms with Crippen LogP contribution in [0.1, 0.15) is 32.1 Å². The molecule has 5 nitrogen and oxygen atoms in total. The van der Waals surface area contributed by atoms with E-state index in [-0.39, 0.29) is 12.4 Å². The molecule has 0 radical (unpaired) electrons. The van der Waals surface area contributed by atoms with Crippen molar-refractivity contribution >= 4 is 10.0 Å². The van der Waals surface area contributed by atoms with Crippen LogP contribution in [0, 0.1) is 5.92 Å². The highest BCUT2D eigenvalue weighted by Crippen LogP contribution is 2.22. The molecule has 3 N–H and O–H groups in total. The van der Waals surface area contributed by atoms with Crippen LogP contribution in [-0.4, -0.2) is 49.8 Å². The summed E-state index contributed by atoms with van der Waals surface area (Å²) in [5.74, 6) is 0.522. The van der Waals surface area contributed by atoms with Gasteiger partial charge in [-0.25, -0.2) is 12.7 Å². The lowest BCUT2D eigenvalue weighted by molar-refractivity contribution is 0.203. The van der Waals surface area contributed by atoms with Crippen molar-refractivity contribution in [2.45, 2.75) is 32.1 Å². The molecule has 1 aliphatic heterocycles. The Balaban J connectivity index is 2.46. The molecule has 0 aromatic heterocycles. The molecule has 1 aliphatic rings. The van der Waals surface area contributed by atoms with Gasteiger partial charge in [-0.05, 0) is 44.6 Å². The highest BCUT2D eigenvalue weighted by atomic mass is 32.2. The second-order valence-corrected chi connectivity index (χ2v) is 6.78. The molecule has 1 fully saturated rings. The number of aliphatic hydroxyl groups is 1. The van der Waals surface area contributed by atoms with Crippen LogP contribution in [0.2, 0.25) is 0 Å². The Morgan fingerprint density at radius 1 is 1.35 bits per heavy atom. The first-order chi connectivity index (χ1) is 8.10. The van der Waals surface area contributed by atoms with Crippen molar-refractivity contribution in [3.63, 3.8) is 0 Å². The molecule has 0 spiro atoms. The van der Waals surface area contributed by atoms with Gasteiger partial charge in [-0.15, -0.1) is 0 Å². The second-order valence-electron chi connectivity index (χ2n) is 4.69. The average molecular weight is 264 g/mol. The average Bonchev–Trinajstić information content (AvgIpc) is 2.30. The molecule has 0 bridgehead atoms. The van der Waals surface area contributed by atoms with Crippen LogP contribution in [0.15, 0.2) is 0 Å². The minimum atomic E-state index is -3.11. The number of nitrogens with two attached hydrogens (primary N) is 1. The highest BCUT2D eigenvalue weighted by Gasteiger charge is 2.27. The van der Waals surface area contributed by atoms with Gasteiger partial charge in [0.2, 0.25) is 10.0 Å². The molecule has 17 heavy (non-hydrogen) atoms. The summed E-state index contributed by atoms with van der Waals surface area (Å²) in [7, 11) is -3.11. The molecule has 0 aromatic rings. The van der Waals surface area contributed by atoms with E-state index in [1.165, 1.54) is 0 Å². The van der Waals surface area contributed by atoms with Crippen LogP contribution < -0.4 is 5.73 Å². The molecule has 1 heterocycles. The molecular weight excluding hydrogens is 240 g/mol. The Morgan fingerprint density at radius 2 is 2.12 bits per heavy atom. The third-order valence-electron chi connectivity index (χ3n) is 3.27. The Kier molecular flexibility index (Phi) is 6.40. The van der Waals surface area contributed by atoms with Gasteiger partial charge < -0.3 is 10.8 Å². The number of unbranched alkanes of at least 4 members (excludes halogenated alkanes) is 1. The molecule has 6 heteroatoms. The summed E-state index contributed by atoms with van der Waals surface area (Å²) in [5.41, 5.74) is 5.36. The zero-order chi connectivity index (χ0) is 12.7. The summed E-state index contributed by atoms with van der Waals surface area (Å²) in [6.07, 6.45) is 4.03. The predicted octanol–water partition coefficient (Wildman–Crippen LogP) is 0.150. The van der Waals surface area contributed by atoms with Gasteiger partial charge >= 0.3 is 0 Å². The maximum absolute atomic E-state index is 12.0. The quantitative estimate of drug-likeness (QED) is 0.641. The summed E-state index contributed by atoms with van der Waals surface area (Å²) in [6.45, 7) is 1.90. The van der Waals surface area contributed by atoms with Crippen LogP contribution in [0.25, 0.3) is 0 Å². The number of piperidine rings is 1. The van der Waals surface area contributed by atoms with E-state index in [0.29, 0.717) is 38.4 Å². The first kappa shape index (κ1) is 14.9. The van der Waals surface area contributed by atoms with Crippen LogP contribution >= 0.6 is 0 Å². The van der Waals surface area contributed by atoms with Crippen LogP contribution in [0.4, 0.5) is 0 Å². The zero-order valence-electron chi connectivity index (χ0n) is 10.3. The van der Waals surface area contributed by atoms with Gasteiger partial charge in [0, 0.05) is 19.7 Å². The monoisotopic (exact) mass is 264 g/mol. The molecule has 1 atom stereocenters. The normalized spacial score (nSPS) is 22.8. The first-order valence-electron chi connectivity index (χ1n) is 6.39. The summed E-state index contributed by atoms with van der Waals surface area (Å²) in [5, 5.41) is 8.90. The van der Waals surface area contributed by atoms with E-state index in [2.05, 4.69) is 0 Å². The summed E-state index contributed by atoms with van der Waals surface area (Å²) in [4.78, 5) is 0. The van der Waals surface area contributed by atoms with Crippen LogP contribution in [-0.2, 0) is 10.0 Å². The van der Waals surface area contributed by atoms with E-state index in [4.69, 9.17) is 10.8 Å². The van der Waals surface area contributed by atoms with Gasteiger partial charge in [0.05, 0.1) is 5.75 Å². The lowest BCUT2D eigenvalue weighted by atomic mass is 9.97. The van der Waals surface area contributed by atoms with Gasteiger partial charge in [0.1, 0.15) is 0 Å². The molecule has 0 aromatic carbocycles. The highest BCUT2D eigenvalue weighted by molar-refractivity contribution is 7.89. The Hall–Kier alpha value is -0.170. The van der Waals surface area contributed by atoms with Gasteiger partial charge in [0.25, 0.3) is 0 Å². The first-order valence-corrected chi connectivity index (χ1v) is 8.00. The second kappa shape index (κ2) is 7.31. The zero-order valence-corrected chi connectivity index (χ0v) is 11.2. The molecular formula is C11H24N2O3S. The fourth-order valence-corrected chi connectivity index (χ4v) is 3.93. The van der Waals surface area contributed by atoms with Gasteiger partial charge in [-0.3, -0.25) is 0 Å². The van der Waals surface area contributed by atoms with Crippen molar-refractivity contribution < 1.29 is 13.5 Å². The number of sulfonamides is 1. The summed E-state index contributed by atoms with van der Waals surface area (Å²) in [6, 6.07) is 0. The lowest BCUT2D eigenvalue weighted by Crippen LogP contribution is -2.41. The van der Waals surface area contributed by atoms with E-state index in [9.17, 15) is 8.42 Å². The van der Waals surface area contributed by atoms with E-state index >= 15 is 0 Å². The largest absolute Gasteiger partial charge is 0.396 e. The molecule has 1 saturated heterocycles. The fourth-order valence-electron chi connectivity index (χ4n) is 2.26. The summed E-state index contributed by atoms with van der Waals surface area (Å²) >= 11 is 0. The molecule has 0 aliphatic carbocycles.